The second-order valence-corrected chi connectivity index (χ2v) is 6.67. The quantitative estimate of drug-likeness (QED) is 0.352. The second-order valence-electron chi connectivity index (χ2n) is 6.67. The van der Waals surface area contributed by atoms with Crippen molar-refractivity contribution in [3.63, 3.8) is 0 Å². The number of hydrogen-bond acceptors (Lipinski definition) is 0. The van der Waals surface area contributed by atoms with E-state index >= 15 is 0 Å². The van der Waals surface area contributed by atoms with Gasteiger partial charge in [-0.2, -0.15) is 0 Å². The first-order chi connectivity index (χ1) is 12.9. The molecule has 0 heteroatoms. The van der Waals surface area contributed by atoms with E-state index < -0.39 is 0 Å². The van der Waals surface area contributed by atoms with Crippen molar-refractivity contribution in [1.82, 2.24) is 0 Å². The van der Waals surface area contributed by atoms with E-state index in [-0.39, 0.29) is 0 Å². The van der Waals surface area contributed by atoms with Crippen molar-refractivity contribution in [3.8, 4) is 0 Å². The van der Waals surface area contributed by atoms with Gasteiger partial charge in [0.05, 0.1) is 0 Å². The zero-order valence-electron chi connectivity index (χ0n) is 14.8. The zero-order chi connectivity index (χ0) is 17.6. The van der Waals surface area contributed by atoms with E-state index in [1.807, 2.05) is 6.07 Å². The smallest absolute Gasteiger partial charge is 0.0178 e. The Hall–Kier alpha value is -3.12. The minimum atomic E-state index is 1.08. The van der Waals surface area contributed by atoms with Gasteiger partial charge in [-0.1, -0.05) is 103 Å². The molecule has 0 atom stereocenters. The third-order valence-electron chi connectivity index (χ3n) is 4.74. The topological polar surface area (TPSA) is 0 Å². The van der Waals surface area contributed by atoms with E-state index in [1.54, 1.807) is 0 Å². The number of aryl methyl sites for hydroxylation is 2. The number of fused-ring (bicyclic) bond motifs is 1. The molecule has 0 fully saturated rings. The highest BCUT2D eigenvalue weighted by atomic mass is 14.0. The summed E-state index contributed by atoms with van der Waals surface area (Å²) in [7, 11) is 0. The summed E-state index contributed by atoms with van der Waals surface area (Å²) in [6, 6.07) is 34.6. The predicted octanol–water partition coefficient (Wildman–Crippen LogP) is 6.80. The van der Waals surface area contributed by atoms with Crippen molar-refractivity contribution < 1.29 is 0 Å². The average molecular weight is 334 g/mol. The molecular weight excluding hydrogens is 312 g/mol. The van der Waals surface area contributed by atoms with Crippen molar-refractivity contribution in [2.45, 2.75) is 12.8 Å². The van der Waals surface area contributed by atoms with Crippen LogP contribution in [0.25, 0.3) is 22.9 Å². The Balaban J connectivity index is 1.50. The third-order valence-corrected chi connectivity index (χ3v) is 4.74. The van der Waals surface area contributed by atoms with Crippen LogP contribution in [0.1, 0.15) is 22.3 Å². The SMILES string of the molecule is C(=C\c1ccc2cc(CCc3ccccc3)ccc2c1)/c1ccccc1. The summed E-state index contributed by atoms with van der Waals surface area (Å²) in [4.78, 5) is 0. The van der Waals surface area contributed by atoms with Crippen LogP contribution in [0.2, 0.25) is 0 Å². The van der Waals surface area contributed by atoms with Gasteiger partial charge in [0.1, 0.15) is 0 Å². The molecule has 0 amide bonds. The molecule has 0 bridgehead atoms. The molecule has 4 rings (SSSR count). The molecule has 0 saturated carbocycles. The first-order valence-corrected chi connectivity index (χ1v) is 9.17. The lowest BCUT2D eigenvalue weighted by Gasteiger charge is -2.05. The summed E-state index contributed by atoms with van der Waals surface area (Å²) in [5.41, 5.74) is 5.25. The highest BCUT2D eigenvalue weighted by Crippen LogP contribution is 2.20. The van der Waals surface area contributed by atoms with Crippen LogP contribution in [0.15, 0.2) is 97.1 Å². The highest BCUT2D eigenvalue weighted by Gasteiger charge is 1.99. The summed E-state index contributed by atoms with van der Waals surface area (Å²) in [6.45, 7) is 0. The van der Waals surface area contributed by atoms with E-state index in [4.69, 9.17) is 0 Å². The fourth-order valence-corrected chi connectivity index (χ4v) is 3.26. The molecule has 0 aliphatic rings. The maximum Gasteiger partial charge on any atom is -0.0178 e. The van der Waals surface area contributed by atoms with Crippen LogP contribution in [0.5, 0.6) is 0 Å². The Bertz CT molecular complexity index is 1010. The first-order valence-electron chi connectivity index (χ1n) is 9.17. The van der Waals surface area contributed by atoms with Crippen LogP contribution in [0.4, 0.5) is 0 Å². The predicted molar refractivity (Wildman–Crippen MR) is 113 cm³/mol. The van der Waals surface area contributed by atoms with Crippen LogP contribution >= 0.6 is 0 Å². The molecule has 0 N–H and O–H groups in total. The highest BCUT2D eigenvalue weighted by molar-refractivity contribution is 5.86. The van der Waals surface area contributed by atoms with Gasteiger partial charge in [-0.3, -0.25) is 0 Å². The van der Waals surface area contributed by atoms with Crippen LogP contribution in [0, 0.1) is 0 Å². The van der Waals surface area contributed by atoms with Gasteiger partial charge in [0.2, 0.25) is 0 Å². The zero-order valence-corrected chi connectivity index (χ0v) is 14.8. The first kappa shape index (κ1) is 16.4. The van der Waals surface area contributed by atoms with Gasteiger partial charge in [0.15, 0.2) is 0 Å². The molecule has 0 heterocycles. The van der Waals surface area contributed by atoms with E-state index in [9.17, 15) is 0 Å². The molecule has 26 heavy (non-hydrogen) atoms. The molecule has 4 aromatic rings. The minimum absolute atomic E-state index is 1.08. The largest absolute Gasteiger partial charge is 0.0622 e. The van der Waals surface area contributed by atoms with E-state index in [1.165, 1.54) is 33.0 Å². The van der Waals surface area contributed by atoms with Crippen LogP contribution in [-0.4, -0.2) is 0 Å². The molecule has 0 aromatic heterocycles. The average Bonchev–Trinajstić information content (AvgIpc) is 2.72. The fourth-order valence-electron chi connectivity index (χ4n) is 3.26. The standard InChI is InChI=1S/C26H22/c1-3-7-21(8-4-1)11-13-23-15-17-26-20-24(16-18-25(26)19-23)14-12-22-9-5-2-6-10-22/h1-11,13,15-20H,12,14H2/b13-11+. The number of benzene rings is 4. The third kappa shape index (κ3) is 4.10. The number of rotatable bonds is 5. The van der Waals surface area contributed by atoms with Crippen molar-refractivity contribution in [2.75, 3.05) is 0 Å². The van der Waals surface area contributed by atoms with E-state index in [0.717, 1.165) is 12.8 Å². The summed E-state index contributed by atoms with van der Waals surface area (Å²) in [5.74, 6) is 0. The van der Waals surface area contributed by atoms with Gasteiger partial charge in [0, 0.05) is 0 Å². The summed E-state index contributed by atoms with van der Waals surface area (Å²) in [6.07, 6.45) is 6.51. The van der Waals surface area contributed by atoms with E-state index in [0.29, 0.717) is 0 Å². The van der Waals surface area contributed by atoms with Gasteiger partial charge in [-0.25, -0.2) is 0 Å². The molecule has 0 radical (unpaired) electrons. The van der Waals surface area contributed by atoms with Crippen molar-refractivity contribution in [1.29, 1.82) is 0 Å². The molecule has 0 spiro atoms. The van der Waals surface area contributed by atoms with Gasteiger partial charge in [0.25, 0.3) is 0 Å². The molecule has 4 aromatic carbocycles. The molecule has 126 valence electrons. The Kier molecular flexibility index (Phi) is 4.93. The number of hydrogen-bond donors (Lipinski definition) is 0. The normalized spacial score (nSPS) is 11.2. The summed E-state index contributed by atoms with van der Waals surface area (Å²) < 4.78 is 0. The Morgan fingerprint density at radius 1 is 0.462 bits per heavy atom. The van der Waals surface area contributed by atoms with Gasteiger partial charge >= 0.3 is 0 Å². The van der Waals surface area contributed by atoms with Gasteiger partial charge in [-0.15, -0.1) is 0 Å². The Morgan fingerprint density at radius 3 is 1.88 bits per heavy atom. The van der Waals surface area contributed by atoms with Crippen molar-refractivity contribution in [3.05, 3.63) is 119 Å². The van der Waals surface area contributed by atoms with Crippen LogP contribution in [0.3, 0.4) is 0 Å². The molecule has 0 aliphatic carbocycles. The van der Waals surface area contributed by atoms with Crippen molar-refractivity contribution >= 4 is 22.9 Å². The Labute approximate surface area is 155 Å². The monoisotopic (exact) mass is 334 g/mol. The molecule has 0 saturated heterocycles. The van der Waals surface area contributed by atoms with Gasteiger partial charge in [-0.05, 0) is 51.9 Å². The van der Waals surface area contributed by atoms with Crippen molar-refractivity contribution in [2.24, 2.45) is 0 Å². The summed E-state index contributed by atoms with van der Waals surface area (Å²) >= 11 is 0. The second kappa shape index (κ2) is 7.84. The fraction of sp³-hybridized carbons (Fsp3) is 0.0769. The molecular formula is C26H22. The summed E-state index contributed by atoms with van der Waals surface area (Å²) in [5, 5.41) is 2.61. The lowest BCUT2D eigenvalue weighted by molar-refractivity contribution is 0.962. The van der Waals surface area contributed by atoms with Gasteiger partial charge < -0.3 is 0 Å². The maximum atomic E-state index is 2.32. The molecule has 0 nitrogen and oxygen atoms in total. The van der Waals surface area contributed by atoms with Crippen LogP contribution < -0.4 is 0 Å². The lowest BCUT2D eigenvalue weighted by Crippen LogP contribution is -1.91. The lowest BCUT2D eigenvalue weighted by atomic mass is 10.00. The van der Waals surface area contributed by atoms with E-state index in [2.05, 4.69) is 103 Å². The molecule has 0 aliphatic heterocycles. The Morgan fingerprint density at radius 2 is 1.08 bits per heavy atom. The molecule has 0 unspecified atom stereocenters. The van der Waals surface area contributed by atoms with Crippen LogP contribution in [-0.2, 0) is 12.8 Å². The minimum Gasteiger partial charge on any atom is -0.0622 e. The maximum absolute atomic E-state index is 2.32.